The zero-order chi connectivity index (χ0) is 21.3. The van der Waals surface area contributed by atoms with Crippen LogP contribution in [0.3, 0.4) is 0 Å². The molecule has 2 heterocycles. The van der Waals surface area contributed by atoms with Gasteiger partial charge in [0.25, 0.3) is 11.5 Å². The lowest BCUT2D eigenvalue weighted by Gasteiger charge is -2.21. The number of alkyl halides is 2. The Morgan fingerprint density at radius 3 is 2.70 bits per heavy atom. The average Bonchev–Trinajstić information content (AvgIpc) is 3.35. The highest BCUT2D eigenvalue weighted by atomic mass is 19.3. The summed E-state index contributed by atoms with van der Waals surface area (Å²) in [6, 6.07) is 6.46. The van der Waals surface area contributed by atoms with Gasteiger partial charge in [-0.25, -0.2) is 18.7 Å². The molecule has 0 saturated heterocycles. The summed E-state index contributed by atoms with van der Waals surface area (Å²) < 4.78 is 30.2. The predicted molar refractivity (Wildman–Crippen MR) is 112 cm³/mol. The minimum absolute atomic E-state index is 0.0669. The Bertz CT molecular complexity index is 1230. The van der Waals surface area contributed by atoms with Crippen LogP contribution in [0.1, 0.15) is 61.7 Å². The summed E-state index contributed by atoms with van der Waals surface area (Å²) in [5.41, 5.74) is 2.09. The van der Waals surface area contributed by atoms with Crippen molar-refractivity contribution in [3.63, 3.8) is 0 Å². The molecule has 1 saturated carbocycles. The quantitative estimate of drug-likeness (QED) is 0.670. The summed E-state index contributed by atoms with van der Waals surface area (Å²) in [6.07, 6.45) is 3.99. The fourth-order valence-electron chi connectivity index (χ4n) is 4.50. The van der Waals surface area contributed by atoms with E-state index in [9.17, 15) is 13.6 Å². The third-order valence-corrected chi connectivity index (χ3v) is 6.51. The number of benzene rings is 1. The van der Waals surface area contributed by atoms with Crippen LogP contribution in [0.2, 0.25) is 0 Å². The van der Waals surface area contributed by atoms with E-state index in [0.29, 0.717) is 23.6 Å². The number of fused-ring (bicyclic) bond motifs is 2. The summed E-state index contributed by atoms with van der Waals surface area (Å²) in [6.45, 7) is 5.80. The third-order valence-electron chi connectivity index (χ3n) is 6.51. The molecule has 0 aliphatic heterocycles. The zero-order valence-electron chi connectivity index (χ0n) is 17.3. The number of aromatic nitrogens is 3. The smallest absolute Gasteiger partial charge is 0.273 e. The molecule has 0 spiro atoms. The van der Waals surface area contributed by atoms with Gasteiger partial charge in [0.1, 0.15) is 11.6 Å². The minimum atomic E-state index is -2.76. The number of nitrogens with zero attached hydrogens (tertiary/aromatic N) is 3. The molecule has 1 atom stereocenters. The number of hydrogen-bond donors (Lipinski definition) is 1. The second kappa shape index (κ2) is 6.33. The number of halogens is 2. The van der Waals surface area contributed by atoms with Crippen molar-refractivity contribution in [1.82, 2.24) is 14.5 Å². The van der Waals surface area contributed by atoms with Gasteiger partial charge in [-0.3, -0.25) is 4.79 Å². The fraction of sp³-hybridized carbons (Fsp3) is 0.435. The number of nitrogens with one attached hydrogen (secondary N) is 1. The lowest BCUT2D eigenvalue weighted by atomic mass is 9.97. The number of anilines is 1. The summed E-state index contributed by atoms with van der Waals surface area (Å²) in [4.78, 5) is 21.6. The molecule has 1 aromatic carbocycles. The number of aryl methyl sites for hydroxylation is 1. The van der Waals surface area contributed by atoms with Crippen LogP contribution < -0.4 is 10.9 Å². The fourth-order valence-corrected chi connectivity index (χ4v) is 4.50. The van der Waals surface area contributed by atoms with E-state index >= 15 is 0 Å². The Balaban J connectivity index is 1.58. The summed E-state index contributed by atoms with van der Waals surface area (Å²) in [5.74, 6) is -1.60. The van der Waals surface area contributed by atoms with Crippen molar-refractivity contribution < 1.29 is 8.78 Å². The van der Waals surface area contributed by atoms with E-state index in [0.717, 1.165) is 29.4 Å². The molecule has 5 nitrogen and oxygen atoms in total. The monoisotopic (exact) mass is 410 g/mol. The number of rotatable bonds is 4. The Hall–Kier alpha value is -2.83. The minimum Gasteiger partial charge on any atom is -0.363 e. The third kappa shape index (κ3) is 2.99. The van der Waals surface area contributed by atoms with E-state index in [1.165, 1.54) is 6.07 Å². The van der Waals surface area contributed by atoms with Crippen LogP contribution >= 0.6 is 0 Å². The number of hydrogen-bond acceptors (Lipinski definition) is 4. The molecule has 30 heavy (non-hydrogen) atoms. The molecule has 2 aliphatic carbocycles. The molecule has 0 unspecified atom stereocenters. The van der Waals surface area contributed by atoms with Crippen LogP contribution in [0.15, 0.2) is 35.3 Å². The normalized spacial score (nSPS) is 19.5. The van der Waals surface area contributed by atoms with Crippen LogP contribution in [0, 0.1) is 6.92 Å². The highest BCUT2D eigenvalue weighted by Gasteiger charge is 2.41. The summed E-state index contributed by atoms with van der Waals surface area (Å²) in [5, 5.41) is 4.17. The van der Waals surface area contributed by atoms with E-state index in [2.05, 4.69) is 22.2 Å². The van der Waals surface area contributed by atoms with Crippen molar-refractivity contribution in [3.8, 4) is 0 Å². The van der Waals surface area contributed by atoms with Crippen LogP contribution in [-0.2, 0) is 17.9 Å². The molecule has 0 bridgehead atoms. The molecule has 1 fully saturated rings. The molecular formula is C23H24F2N4O. The Kier molecular flexibility index (Phi) is 4.04. The van der Waals surface area contributed by atoms with Crippen LogP contribution in [-0.4, -0.2) is 14.5 Å². The largest absolute Gasteiger partial charge is 0.363 e. The molecule has 2 aliphatic rings. The molecule has 0 radical (unpaired) electrons. The SMILES string of the molecule is Cc1nc(N[C@H](C)c2cccc3c2CCC3(F)F)c2cn(C3(C)CC3)c(=O)cc2n1. The zero-order valence-corrected chi connectivity index (χ0v) is 17.3. The number of pyridine rings is 1. The Labute approximate surface area is 173 Å². The van der Waals surface area contributed by atoms with Crippen molar-refractivity contribution in [2.24, 2.45) is 0 Å². The molecule has 156 valence electrons. The lowest BCUT2D eigenvalue weighted by molar-refractivity contribution is -0.00184. The highest BCUT2D eigenvalue weighted by Crippen LogP contribution is 2.44. The maximum atomic E-state index is 14.2. The van der Waals surface area contributed by atoms with Crippen LogP contribution in [0.5, 0.6) is 0 Å². The van der Waals surface area contributed by atoms with Crippen molar-refractivity contribution in [1.29, 1.82) is 0 Å². The van der Waals surface area contributed by atoms with E-state index < -0.39 is 5.92 Å². The van der Waals surface area contributed by atoms with Gasteiger partial charge in [0, 0.05) is 29.8 Å². The van der Waals surface area contributed by atoms with Crippen molar-refractivity contribution >= 4 is 16.7 Å². The first-order valence-electron chi connectivity index (χ1n) is 10.4. The van der Waals surface area contributed by atoms with E-state index in [-0.39, 0.29) is 29.1 Å². The summed E-state index contributed by atoms with van der Waals surface area (Å²) in [7, 11) is 0. The first-order chi connectivity index (χ1) is 14.2. The molecular weight excluding hydrogens is 386 g/mol. The standard InChI is InChI=1S/C23H24F2N4O/c1-13(15-5-4-6-18-16(15)7-8-23(18,24)25)26-21-17-12-29(22(3)9-10-22)20(30)11-19(17)27-14(2)28-21/h4-6,11-13H,7-10H2,1-3H3,(H,26,27,28)/t13-/m1/s1. The summed E-state index contributed by atoms with van der Waals surface area (Å²) >= 11 is 0. The van der Waals surface area contributed by atoms with Crippen LogP contribution in [0.25, 0.3) is 10.9 Å². The van der Waals surface area contributed by atoms with Crippen molar-refractivity contribution in [2.75, 3.05) is 5.32 Å². The lowest BCUT2D eigenvalue weighted by Crippen LogP contribution is -2.27. The average molecular weight is 410 g/mol. The van der Waals surface area contributed by atoms with Gasteiger partial charge in [0.05, 0.1) is 16.9 Å². The van der Waals surface area contributed by atoms with Gasteiger partial charge in [0.2, 0.25) is 0 Å². The van der Waals surface area contributed by atoms with E-state index in [4.69, 9.17) is 0 Å². The van der Waals surface area contributed by atoms with Gasteiger partial charge in [-0.2, -0.15) is 0 Å². The Morgan fingerprint density at radius 1 is 1.20 bits per heavy atom. The van der Waals surface area contributed by atoms with Crippen LogP contribution in [0.4, 0.5) is 14.6 Å². The molecule has 5 rings (SSSR count). The molecule has 0 amide bonds. The van der Waals surface area contributed by atoms with Crippen molar-refractivity contribution in [3.05, 3.63) is 63.3 Å². The molecule has 2 aromatic heterocycles. The first-order valence-corrected chi connectivity index (χ1v) is 10.4. The maximum absolute atomic E-state index is 14.2. The molecule has 1 N–H and O–H groups in total. The van der Waals surface area contributed by atoms with Crippen molar-refractivity contribution in [2.45, 2.75) is 64.0 Å². The van der Waals surface area contributed by atoms with Gasteiger partial charge in [-0.1, -0.05) is 18.2 Å². The maximum Gasteiger partial charge on any atom is 0.273 e. The highest BCUT2D eigenvalue weighted by molar-refractivity contribution is 5.88. The predicted octanol–water partition coefficient (Wildman–Crippen LogP) is 4.82. The topological polar surface area (TPSA) is 59.8 Å². The molecule has 3 aromatic rings. The second-order valence-corrected chi connectivity index (χ2v) is 8.84. The van der Waals surface area contributed by atoms with Gasteiger partial charge >= 0.3 is 0 Å². The van der Waals surface area contributed by atoms with Gasteiger partial charge in [-0.15, -0.1) is 0 Å². The Morgan fingerprint density at radius 2 is 1.97 bits per heavy atom. The van der Waals surface area contributed by atoms with Gasteiger partial charge in [-0.05, 0) is 51.2 Å². The first kappa shape index (κ1) is 19.2. The second-order valence-electron chi connectivity index (χ2n) is 8.84. The van der Waals surface area contributed by atoms with Gasteiger partial charge in [0.15, 0.2) is 0 Å². The molecule has 7 heteroatoms. The van der Waals surface area contributed by atoms with E-state index in [1.807, 2.05) is 19.2 Å². The van der Waals surface area contributed by atoms with Gasteiger partial charge < -0.3 is 9.88 Å². The van der Waals surface area contributed by atoms with E-state index in [1.54, 1.807) is 23.6 Å².